The number of halogens is 1. The Morgan fingerprint density at radius 3 is 2.57 bits per heavy atom. The van der Waals surface area contributed by atoms with Gasteiger partial charge in [0, 0.05) is 15.7 Å². The summed E-state index contributed by atoms with van der Waals surface area (Å²) < 4.78 is 11.9. The third-order valence-corrected chi connectivity index (χ3v) is 4.61. The number of anilines is 1. The molecule has 0 aliphatic carbocycles. The van der Waals surface area contributed by atoms with E-state index in [0.29, 0.717) is 34.1 Å². The molecule has 0 atom stereocenters. The summed E-state index contributed by atoms with van der Waals surface area (Å²) in [5.74, 6) is 1.30. The molecular weight excluding hydrogens is 444 g/mol. The number of rotatable bonds is 5. The summed E-state index contributed by atoms with van der Waals surface area (Å²) in [5.41, 5.74) is 1.84. The number of carbonyl (C=O) groups is 1. The molecule has 0 aliphatic heterocycles. The van der Waals surface area contributed by atoms with Gasteiger partial charge in [-0.1, -0.05) is 15.9 Å². The number of methoxy groups -OCH3 is 1. The van der Waals surface area contributed by atoms with Crippen LogP contribution in [-0.2, 0) is 6.61 Å². The lowest BCUT2D eigenvalue weighted by atomic mass is 10.1. The van der Waals surface area contributed by atoms with Crippen LogP contribution in [0.1, 0.15) is 16.1 Å². The average molecular weight is 461 g/mol. The SMILES string of the molecule is COc1ccc(NC(=S)NC(=O)c2ccc(Br)cc2)cc1-c1ccc(CO)o1. The van der Waals surface area contributed by atoms with E-state index >= 15 is 0 Å². The van der Waals surface area contributed by atoms with Crippen LogP contribution in [0.3, 0.4) is 0 Å². The molecule has 1 aromatic heterocycles. The number of benzene rings is 2. The molecule has 0 saturated carbocycles. The number of hydrogen-bond donors (Lipinski definition) is 3. The van der Waals surface area contributed by atoms with Gasteiger partial charge in [-0.15, -0.1) is 0 Å². The van der Waals surface area contributed by atoms with E-state index in [-0.39, 0.29) is 17.6 Å². The van der Waals surface area contributed by atoms with Crippen LogP contribution in [0.15, 0.2) is 63.5 Å². The van der Waals surface area contributed by atoms with E-state index in [1.807, 2.05) is 0 Å². The van der Waals surface area contributed by atoms with Crippen molar-refractivity contribution in [2.75, 3.05) is 12.4 Å². The van der Waals surface area contributed by atoms with Gasteiger partial charge >= 0.3 is 0 Å². The lowest BCUT2D eigenvalue weighted by Crippen LogP contribution is -2.34. The molecule has 0 aliphatic rings. The minimum absolute atomic E-state index is 0.166. The number of nitrogens with one attached hydrogen (secondary N) is 2. The van der Waals surface area contributed by atoms with E-state index in [2.05, 4.69) is 26.6 Å². The molecule has 0 spiro atoms. The number of carbonyl (C=O) groups excluding carboxylic acids is 1. The Labute approximate surface area is 175 Å². The van der Waals surface area contributed by atoms with E-state index < -0.39 is 0 Å². The first-order valence-electron chi connectivity index (χ1n) is 8.26. The van der Waals surface area contributed by atoms with Gasteiger partial charge in [-0.25, -0.2) is 0 Å². The number of amides is 1. The van der Waals surface area contributed by atoms with Gasteiger partial charge in [-0.3, -0.25) is 10.1 Å². The zero-order chi connectivity index (χ0) is 20.1. The van der Waals surface area contributed by atoms with Gasteiger partial charge in [0.15, 0.2) is 5.11 Å². The highest BCUT2D eigenvalue weighted by molar-refractivity contribution is 9.10. The third-order valence-electron chi connectivity index (χ3n) is 3.87. The molecule has 1 heterocycles. The van der Waals surface area contributed by atoms with Gasteiger partial charge in [0.2, 0.25) is 0 Å². The predicted molar refractivity (Wildman–Crippen MR) is 114 cm³/mol. The first kappa shape index (κ1) is 20.1. The molecular formula is C20H17BrN2O4S. The summed E-state index contributed by atoms with van der Waals surface area (Å²) in [6.45, 7) is -0.188. The molecule has 0 saturated heterocycles. The highest BCUT2D eigenvalue weighted by atomic mass is 79.9. The van der Waals surface area contributed by atoms with Gasteiger partial charge in [-0.05, 0) is 66.8 Å². The monoisotopic (exact) mass is 460 g/mol. The second-order valence-corrected chi connectivity index (χ2v) is 7.08. The van der Waals surface area contributed by atoms with Crippen molar-refractivity contribution in [3.8, 4) is 17.1 Å². The maximum Gasteiger partial charge on any atom is 0.257 e. The third kappa shape index (κ3) is 4.78. The number of furan rings is 1. The largest absolute Gasteiger partial charge is 0.496 e. The van der Waals surface area contributed by atoms with Crippen LogP contribution in [0.2, 0.25) is 0 Å². The van der Waals surface area contributed by atoms with Crippen molar-refractivity contribution < 1.29 is 19.1 Å². The molecule has 6 nitrogen and oxygen atoms in total. The lowest BCUT2D eigenvalue weighted by molar-refractivity contribution is 0.0977. The average Bonchev–Trinajstić information content (AvgIpc) is 3.17. The van der Waals surface area contributed by atoms with Crippen LogP contribution in [0.25, 0.3) is 11.3 Å². The second-order valence-electron chi connectivity index (χ2n) is 5.75. The van der Waals surface area contributed by atoms with Gasteiger partial charge in [0.1, 0.15) is 23.9 Å². The summed E-state index contributed by atoms with van der Waals surface area (Å²) in [7, 11) is 1.56. The van der Waals surface area contributed by atoms with Crippen molar-refractivity contribution in [2.45, 2.75) is 6.61 Å². The van der Waals surface area contributed by atoms with Gasteiger partial charge in [0.05, 0.1) is 12.7 Å². The van der Waals surface area contributed by atoms with Gasteiger partial charge in [0.25, 0.3) is 5.91 Å². The summed E-state index contributed by atoms with van der Waals surface area (Å²) in [6, 6.07) is 15.7. The molecule has 3 N–H and O–H groups in total. The molecule has 144 valence electrons. The van der Waals surface area contributed by atoms with Crippen molar-refractivity contribution >= 4 is 44.9 Å². The molecule has 8 heteroatoms. The van der Waals surface area contributed by atoms with Crippen LogP contribution in [0, 0.1) is 0 Å². The molecule has 3 aromatic rings. The summed E-state index contributed by atoms with van der Waals surface area (Å²) >= 11 is 8.57. The van der Waals surface area contributed by atoms with E-state index in [1.165, 1.54) is 0 Å². The molecule has 28 heavy (non-hydrogen) atoms. The number of aliphatic hydroxyl groups excluding tert-OH is 1. The van der Waals surface area contributed by atoms with Crippen molar-refractivity contribution in [3.63, 3.8) is 0 Å². The maximum absolute atomic E-state index is 12.3. The van der Waals surface area contributed by atoms with Crippen molar-refractivity contribution in [1.29, 1.82) is 0 Å². The van der Waals surface area contributed by atoms with E-state index in [0.717, 1.165) is 4.47 Å². The fourth-order valence-corrected chi connectivity index (χ4v) is 3.00. The molecule has 0 radical (unpaired) electrons. The Morgan fingerprint density at radius 2 is 1.93 bits per heavy atom. The number of ether oxygens (including phenoxy) is 1. The zero-order valence-corrected chi connectivity index (χ0v) is 17.3. The highest BCUT2D eigenvalue weighted by Crippen LogP contribution is 2.33. The molecule has 0 bridgehead atoms. The van der Waals surface area contributed by atoms with Crippen LogP contribution in [0.4, 0.5) is 5.69 Å². The van der Waals surface area contributed by atoms with Crippen LogP contribution in [-0.4, -0.2) is 23.2 Å². The molecule has 0 unspecified atom stereocenters. The Morgan fingerprint density at radius 1 is 1.18 bits per heavy atom. The number of thiocarbonyl (C=S) groups is 1. The normalized spacial score (nSPS) is 10.4. The Hall–Kier alpha value is -2.68. The first-order chi connectivity index (χ1) is 13.5. The molecule has 3 rings (SSSR count). The fraction of sp³-hybridized carbons (Fsp3) is 0.100. The zero-order valence-electron chi connectivity index (χ0n) is 14.9. The summed E-state index contributed by atoms with van der Waals surface area (Å²) in [5, 5.41) is 15.0. The Kier molecular flexibility index (Phi) is 6.45. The van der Waals surface area contributed by atoms with Crippen LogP contribution >= 0.6 is 28.1 Å². The Balaban J connectivity index is 1.74. The number of hydrogen-bond acceptors (Lipinski definition) is 5. The van der Waals surface area contributed by atoms with Crippen molar-refractivity contribution in [1.82, 2.24) is 5.32 Å². The highest BCUT2D eigenvalue weighted by Gasteiger charge is 2.13. The number of aliphatic hydroxyl groups is 1. The standard InChI is InChI=1S/C20H17BrN2O4S/c1-26-17-8-6-14(10-16(17)18-9-7-15(11-24)27-18)22-20(28)23-19(25)12-2-4-13(21)5-3-12/h2-10,24H,11H2,1H3,(H2,22,23,25,28). The smallest absolute Gasteiger partial charge is 0.257 e. The summed E-state index contributed by atoms with van der Waals surface area (Å²) in [6.07, 6.45) is 0. The first-order valence-corrected chi connectivity index (χ1v) is 9.46. The van der Waals surface area contributed by atoms with Gasteiger partial charge in [-0.2, -0.15) is 0 Å². The van der Waals surface area contributed by atoms with Crippen molar-refractivity contribution in [2.24, 2.45) is 0 Å². The molecule has 1 amide bonds. The van der Waals surface area contributed by atoms with E-state index in [1.54, 1.807) is 61.7 Å². The van der Waals surface area contributed by atoms with E-state index in [9.17, 15) is 9.90 Å². The topological polar surface area (TPSA) is 83.7 Å². The minimum Gasteiger partial charge on any atom is -0.496 e. The Bertz CT molecular complexity index is 1000. The quantitative estimate of drug-likeness (QED) is 0.491. The van der Waals surface area contributed by atoms with Crippen LogP contribution in [0.5, 0.6) is 5.75 Å². The van der Waals surface area contributed by atoms with Crippen molar-refractivity contribution in [3.05, 3.63) is 70.4 Å². The predicted octanol–water partition coefficient (Wildman–Crippen LogP) is 4.34. The van der Waals surface area contributed by atoms with Crippen LogP contribution < -0.4 is 15.4 Å². The minimum atomic E-state index is -0.308. The summed E-state index contributed by atoms with van der Waals surface area (Å²) in [4.78, 5) is 12.3. The fourth-order valence-electron chi connectivity index (χ4n) is 2.52. The molecule has 0 fully saturated rings. The van der Waals surface area contributed by atoms with Gasteiger partial charge < -0.3 is 19.6 Å². The second kappa shape index (κ2) is 9.01. The molecule has 2 aromatic carbocycles. The maximum atomic E-state index is 12.3. The lowest BCUT2D eigenvalue weighted by Gasteiger charge is -2.12. The van der Waals surface area contributed by atoms with E-state index in [4.69, 9.17) is 21.4 Å².